The normalized spacial score (nSPS) is 22.3. The predicted molar refractivity (Wildman–Crippen MR) is 74.6 cm³/mol. The summed E-state index contributed by atoms with van der Waals surface area (Å²) in [4.78, 5) is 25.5. The van der Waals surface area contributed by atoms with Gasteiger partial charge in [0.15, 0.2) is 5.69 Å². The number of likely N-dealkylation sites (tertiary alicyclic amines) is 1. The number of rotatable bonds is 5. The number of hydrogen-bond donors (Lipinski definition) is 2. The average Bonchev–Trinajstić information content (AvgIpc) is 2.95. The molecule has 2 rings (SSSR count). The molecular formula is C13H21N5O3. The van der Waals surface area contributed by atoms with Gasteiger partial charge in [-0.05, 0) is 19.3 Å². The summed E-state index contributed by atoms with van der Waals surface area (Å²) in [6, 6.07) is 0. The molecule has 1 unspecified atom stereocenters. The molecule has 1 atom stereocenters. The number of nitrogens with two attached hydrogens (primary N) is 1. The zero-order valence-electron chi connectivity index (χ0n) is 12.2. The second-order valence-electron chi connectivity index (χ2n) is 5.42. The van der Waals surface area contributed by atoms with Crippen LogP contribution < -0.4 is 5.73 Å². The molecule has 8 heteroatoms. The highest BCUT2D eigenvalue weighted by Crippen LogP contribution is 2.34. The molecule has 2 heterocycles. The van der Waals surface area contributed by atoms with Gasteiger partial charge in [-0.15, -0.1) is 5.10 Å². The molecule has 1 aromatic heterocycles. The summed E-state index contributed by atoms with van der Waals surface area (Å²) >= 11 is 0. The van der Waals surface area contributed by atoms with Gasteiger partial charge in [-0.2, -0.15) is 0 Å². The van der Waals surface area contributed by atoms with Crippen molar-refractivity contribution < 1.29 is 14.7 Å². The summed E-state index contributed by atoms with van der Waals surface area (Å²) in [6.07, 6.45) is 3.34. The molecule has 1 aliphatic heterocycles. The maximum Gasteiger partial charge on any atom is 0.311 e. The van der Waals surface area contributed by atoms with Crippen LogP contribution in [0.1, 0.15) is 36.7 Å². The number of aliphatic carboxylic acids is 1. The second-order valence-corrected chi connectivity index (χ2v) is 5.42. The van der Waals surface area contributed by atoms with Crippen molar-refractivity contribution in [1.82, 2.24) is 19.9 Å². The molecule has 8 nitrogen and oxygen atoms in total. The molecule has 0 bridgehead atoms. The molecule has 3 N–H and O–H groups in total. The third-order valence-corrected chi connectivity index (χ3v) is 4.11. The molecule has 116 valence electrons. The third kappa shape index (κ3) is 3.05. The van der Waals surface area contributed by atoms with Gasteiger partial charge < -0.3 is 15.7 Å². The van der Waals surface area contributed by atoms with Gasteiger partial charge in [0.05, 0.1) is 18.2 Å². The third-order valence-electron chi connectivity index (χ3n) is 4.11. The first kappa shape index (κ1) is 15.4. The fraction of sp³-hybridized carbons (Fsp3) is 0.692. The first-order valence-corrected chi connectivity index (χ1v) is 7.15. The minimum atomic E-state index is -0.846. The molecule has 0 aliphatic carbocycles. The van der Waals surface area contributed by atoms with Crippen molar-refractivity contribution in [2.24, 2.45) is 11.1 Å². The van der Waals surface area contributed by atoms with E-state index in [1.54, 1.807) is 11.1 Å². The number of carbonyl (C=O) groups excluding carboxylic acids is 1. The number of carboxylic acids is 1. The van der Waals surface area contributed by atoms with Crippen molar-refractivity contribution in [3.8, 4) is 0 Å². The Kier molecular flexibility index (Phi) is 4.56. The maximum absolute atomic E-state index is 12.4. The van der Waals surface area contributed by atoms with Gasteiger partial charge in [-0.25, -0.2) is 0 Å². The van der Waals surface area contributed by atoms with E-state index in [0.29, 0.717) is 38.9 Å². The Hall–Kier alpha value is -1.96. The lowest BCUT2D eigenvalue weighted by molar-refractivity contribution is -0.152. The number of amides is 1. The number of carboxylic acid groups (broad SMARTS) is 1. The molecule has 0 saturated carbocycles. The smallest absolute Gasteiger partial charge is 0.311 e. The molecule has 1 aliphatic rings. The summed E-state index contributed by atoms with van der Waals surface area (Å²) in [6.45, 7) is 3.53. The number of nitrogens with zero attached hydrogens (tertiary/aromatic N) is 4. The van der Waals surface area contributed by atoms with Crippen molar-refractivity contribution in [2.75, 3.05) is 19.6 Å². The fourth-order valence-electron chi connectivity index (χ4n) is 2.72. The van der Waals surface area contributed by atoms with E-state index in [-0.39, 0.29) is 18.1 Å². The predicted octanol–water partition coefficient (Wildman–Crippen LogP) is -0.0462. The Labute approximate surface area is 122 Å². The Morgan fingerprint density at radius 3 is 2.90 bits per heavy atom. The highest BCUT2D eigenvalue weighted by atomic mass is 16.4. The lowest BCUT2D eigenvalue weighted by atomic mass is 9.77. The van der Waals surface area contributed by atoms with E-state index < -0.39 is 11.4 Å². The monoisotopic (exact) mass is 295 g/mol. The van der Waals surface area contributed by atoms with Crippen LogP contribution in [-0.2, 0) is 11.3 Å². The van der Waals surface area contributed by atoms with Crippen LogP contribution in [0.15, 0.2) is 6.20 Å². The van der Waals surface area contributed by atoms with E-state index in [2.05, 4.69) is 10.3 Å². The first-order valence-electron chi connectivity index (χ1n) is 7.15. The van der Waals surface area contributed by atoms with Crippen LogP contribution in [0.2, 0.25) is 0 Å². The van der Waals surface area contributed by atoms with E-state index in [4.69, 9.17) is 5.73 Å². The zero-order chi connectivity index (χ0) is 15.5. The van der Waals surface area contributed by atoms with Crippen LogP contribution in [0.5, 0.6) is 0 Å². The number of carbonyl (C=O) groups is 2. The fourth-order valence-corrected chi connectivity index (χ4v) is 2.72. The highest BCUT2D eigenvalue weighted by Gasteiger charge is 2.42. The van der Waals surface area contributed by atoms with Crippen LogP contribution in [-0.4, -0.2) is 56.5 Å². The van der Waals surface area contributed by atoms with E-state index in [1.165, 1.54) is 4.68 Å². The second kappa shape index (κ2) is 6.21. The molecule has 21 heavy (non-hydrogen) atoms. The SMILES string of the molecule is CCC1(C(=O)O)CCCN(C(=O)c2cn(CCN)nn2)C1. The Balaban J connectivity index is 2.13. The Morgan fingerprint density at radius 1 is 1.52 bits per heavy atom. The summed E-state index contributed by atoms with van der Waals surface area (Å²) < 4.78 is 1.52. The van der Waals surface area contributed by atoms with E-state index >= 15 is 0 Å². The Morgan fingerprint density at radius 2 is 2.29 bits per heavy atom. The van der Waals surface area contributed by atoms with Crippen LogP contribution in [0.4, 0.5) is 0 Å². The van der Waals surface area contributed by atoms with E-state index in [0.717, 1.165) is 0 Å². The lowest BCUT2D eigenvalue weighted by Gasteiger charge is -2.39. The van der Waals surface area contributed by atoms with Gasteiger partial charge >= 0.3 is 5.97 Å². The minimum absolute atomic E-state index is 0.224. The molecule has 1 amide bonds. The van der Waals surface area contributed by atoms with Crippen molar-refractivity contribution in [3.63, 3.8) is 0 Å². The van der Waals surface area contributed by atoms with Gasteiger partial charge in [0, 0.05) is 19.6 Å². The molecular weight excluding hydrogens is 274 g/mol. The van der Waals surface area contributed by atoms with Gasteiger partial charge in [0.2, 0.25) is 0 Å². The molecule has 0 radical (unpaired) electrons. The highest BCUT2D eigenvalue weighted by molar-refractivity contribution is 5.92. The van der Waals surface area contributed by atoms with Crippen LogP contribution in [0.25, 0.3) is 0 Å². The number of piperidine rings is 1. The molecule has 0 aromatic carbocycles. The first-order chi connectivity index (χ1) is 10.0. The molecule has 1 saturated heterocycles. The van der Waals surface area contributed by atoms with Crippen LogP contribution >= 0.6 is 0 Å². The zero-order valence-corrected chi connectivity index (χ0v) is 12.2. The standard InChI is InChI=1S/C13H21N5O3/c1-2-13(12(20)21)4-3-6-17(9-13)11(19)10-8-18(7-5-14)16-15-10/h8H,2-7,9,14H2,1H3,(H,20,21). The summed E-state index contributed by atoms with van der Waals surface area (Å²) in [7, 11) is 0. The molecule has 1 fully saturated rings. The van der Waals surface area contributed by atoms with Crippen LogP contribution in [0, 0.1) is 5.41 Å². The maximum atomic E-state index is 12.4. The summed E-state index contributed by atoms with van der Waals surface area (Å²) in [5.74, 6) is -1.11. The largest absolute Gasteiger partial charge is 0.481 e. The molecule has 0 spiro atoms. The van der Waals surface area contributed by atoms with Crippen molar-refractivity contribution in [3.05, 3.63) is 11.9 Å². The van der Waals surface area contributed by atoms with E-state index in [1.807, 2.05) is 6.92 Å². The number of aromatic nitrogens is 3. The van der Waals surface area contributed by atoms with Gasteiger partial charge in [-0.1, -0.05) is 12.1 Å². The van der Waals surface area contributed by atoms with Crippen LogP contribution in [0.3, 0.4) is 0 Å². The van der Waals surface area contributed by atoms with Gasteiger partial charge in [0.1, 0.15) is 0 Å². The van der Waals surface area contributed by atoms with Crippen molar-refractivity contribution >= 4 is 11.9 Å². The quantitative estimate of drug-likeness (QED) is 0.787. The van der Waals surface area contributed by atoms with Crippen molar-refractivity contribution in [1.29, 1.82) is 0 Å². The average molecular weight is 295 g/mol. The van der Waals surface area contributed by atoms with E-state index in [9.17, 15) is 14.7 Å². The topological polar surface area (TPSA) is 114 Å². The number of hydrogen-bond acceptors (Lipinski definition) is 5. The Bertz CT molecular complexity index is 530. The van der Waals surface area contributed by atoms with Crippen molar-refractivity contribution in [2.45, 2.75) is 32.7 Å². The summed E-state index contributed by atoms with van der Waals surface area (Å²) in [5, 5.41) is 17.1. The summed E-state index contributed by atoms with van der Waals surface area (Å²) in [5.41, 5.74) is 4.82. The van der Waals surface area contributed by atoms with Gasteiger partial charge in [-0.3, -0.25) is 14.3 Å². The molecule has 1 aromatic rings. The van der Waals surface area contributed by atoms with Gasteiger partial charge in [0.25, 0.3) is 5.91 Å². The minimum Gasteiger partial charge on any atom is -0.481 e. The lowest BCUT2D eigenvalue weighted by Crippen LogP contribution is -2.49.